The molecule has 2 rings (SSSR count). The molecule has 0 aliphatic carbocycles. The molecule has 0 saturated carbocycles. The summed E-state index contributed by atoms with van der Waals surface area (Å²) in [5.74, 6) is -0.247. The third-order valence-electron chi connectivity index (χ3n) is 2.17. The van der Waals surface area contributed by atoms with Gasteiger partial charge in [-0.05, 0) is 40.8 Å². The van der Waals surface area contributed by atoms with Gasteiger partial charge in [0.25, 0.3) is 5.91 Å². The summed E-state index contributed by atoms with van der Waals surface area (Å²) in [7, 11) is 0. The van der Waals surface area contributed by atoms with Gasteiger partial charge >= 0.3 is 0 Å². The fourth-order valence-corrected chi connectivity index (χ4v) is 1.84. The normalized spacial score (nSPS) is 10.5. The zero-order valence-electron chi connectivity index (χ0n) is 8.98. The summed E-state index contributed by atoms with van der Waals surface area (Å²) >= 11 is 2.21. The van der Waals surface area contributed by atoms with Crippen molar-refractivity contribution in [3.8, 4) is 0 Å². The average molecular weight is 342 g/mol. The Hall–Kier alpha value is -1.28. The summed E-state index contributed by atoms with van der Waals surface area (Å²) in [4.78, 5) is 20.1. The van der Waals surface area contributed by atoms with E-state index in [-0.39, 0.29) is 5.91 Å². The number of nitrogens with zero attached hydrogens (tertiary/aromatic N) is 2. The first-order valence-electron chi connectivity index (χ1n) is 5.11. The lowest BCUT2D eigenvalue weighted by Gasteiger charge is -2.03. The Morgan fingerprint density at radius 1 is 1.41 bits per heavy atom. The number of hydrogen-bond acceptors (Lipinski definition) is 4. The Kier molecular flexibility index (Phi) is 3.85. The smallest absolute Gasteiger partial charge is 0.271 e. The van der Waals surface area contributed by atoms with Gasteiger partial charge < -0.3 is 11.1 Å². The number of benzene rings is 1. The lowest BCUT2D eigenvalue weighted by atomic mass is 10.3. The van der Waals surface area contributed by atoms with Crippen molar-refractivity contribution in [2.75, 3.05) is 13.1 Å². The summed E-state index contributed by atoms with van der Waals surface area (Å²) in [5, 5.41) is 2.66. The van der Waals surface area contributed by atoms with Crippen LogP contribution in [0.2, 0.25) is 0 Å². The number of halogens is 1. The number of carbonyl (C=O) groups excluding carboxylic acids is 1. The average Bonchev–Trinajstić information content (AvgIpc) is 2.35. The van der Waals surface area contributed by atoms with E-state index in [2.05, 4.69) is 37.9 Å². The molecule has 3 N–H and O–H groups in total. The number of nitrogens with one attached hydrogen (secondary N) is 1. The number of nitrogens with two attached hydrogens (primary N) is 1. The van der Waals surface area contributed by atoms with Crippen molar-refractivity contribution < 1.29 is 4.79 Å². The molecule has 88 valence electrons. The molecule has 2 aromatic rings. The second kappa shape index (κ2) is 5.37. The first kappa shape index (κ1) is 12.2. The van der Waals surface area contributed by atoms with Gasteiger partial charge in [0.05, 0.1) is 17.2 Å². The lowest BCUT2D eigenvalue weighted by molar-refractivity contribution is 0.0950. The Morgan fingerprint density at radius 3 is 3.00 bits per heavy atom. The van der Waals surface area contributed by atoms with Gasteiger partial charge in [0.15, 0.2) is 0 Å². The van der Waals surface area contributed by atoms with E-state index in [1.54, 1.807) is 0 Å². The zero-order valence-corrected chi connectivity index (χ0v) is 11.1. The van der Waals surface area contributed by atoms with Crippen LogP contribution in [0.3, 0.4) is 0 Å². The maximum Gasteiger partial charge on any atom is 0.271 e. The lowest BCUT2D eigenvalue weighted by Crippen LogP contribution is -2.29. The first-order valence-corrected chi connectivity index (χ1v) is 6.19. The van der Waals surface area contributed by atoms with Crippen LogP contribution in [0.1, 0.15) is 10.5 Å². The number of carbonyl (C=O) groups is 1. The number of amides is 1. The second-order valence-electron chi connectivity index (χ2n) is 3.43. The van der Waals surface area contributed by atoms with E-state index in [0.717, 1.165) is 9.09 Å². The molecule has 17 heavy (non-hydrogen) atoms. The van der Waals surface area contributed by atoms with Crippen molar-refractivity contribution in [2.45, 2.75) is 0 Å². The van der Waals surface area contributed by atoms with Crippen molar-refractivity contribution in [1.29, 1.82) is 0 Å². The summed E-state index contributed by atoms with van der Waals surface area (Å²) in [6, 6.07) is 5.70. The number of rotatable bonds is 3. The van der Waals surface area contributed by atoms with Gasteiger partial charge in [-0.1, -0.05) is 0 Å². The van der Waals surface area contributed by atoms with Crippen LogP contribution >= 0.6 is 22.6 Å². The third kappa shape index (κ3) is 2.89. The Labute approximate surface area is 112 Å². The number of aromatic nitrogens is 2. The van der Waals surface area contributed by atoms with Gasteiger partial charge in [-0.15, -0.1) is 0 Å². The standard InChI is InChI=1S/C11H11IN4O/c12-7-1-2-8-9(5-7)15-6-10(16-8)11(17)14-4-3-13/h1-2,5-6H,3-4,13H2,(H,14,17). The predicted molar refractivity (Wildman–Crippen MR) is 73.6 cm³/mol. The van der Waals surface area contributed by atoms with Gasteiger partial charge in [0.2, 0.25) is 0 Å². The van der Waals surface area contributed by atoms with Gasteiger partial charge in [-0.25, -0.2) is 4.98 Å². The van der Waals surface area contributed by atoms with Crippen LogP contribution in [-0.2, 0) is 0 Å². The van der Waals surface area contributed by atoms with Crippen molar-refractivity contribution >= 4 is 39.5 Å². The Bertz CT molecular complexity index is 558. The summed E-state index contributed by atoms with van der Waals surface area (Å²) in [6.45, 7) is 0.843. The van der Waals surface area contributed by atoms with Crippen LogP contribution < -0.4 is 11.1 Å². The van der Waals surface area contributed by atoms with Crippen LogP contribution in [0.5, 0.6) is 0 Å². The van der Waals surface area contributed by atoms with E-state index >= 15 is 0 Å². The predicted octanol–water partition coefficient (Wildman–Crippen LogP) is 0.923. The Balaban J connectivity index is 2.31. The quantitative estimate of drug-likeness (QED) is 0.813. The van der Waals surface area contributed by atoms with Gasteiger partial charge in [-0.3, -0.25) is 9.78 Å². The molecule has 0 spiro atoms. The van der Waals surface area contributed by atoms with E-state index in [0.29, 0.717) is 24.3 Å². The van der Waals surface area contributed by atoms with Gasteiger partial charge in [0.1, 0.15) is 5.69 Å². The summed E-state index contributed by atoms with van der Waals surface area (Å²) in [6.07, 6.45) is 1.48. The van der Waals surface area contributed by atoms with Crippen molar-refractivity contribution in [3.05, 3.63) is 33.7 Å². The minimum Gasteiger partial charge on any atom is -0.349 e. The molecule has 0 aliphatic rings. The van der Waals surface area contributed by atoms with Crippen LogP contribution in [0, 0.1) is 3.57 Å². The largest absolute Gasteiger partial charge is 0.349 e. The number of hydrogen-bond donors (Lipinski definition) is 2. The first-order chi connectivity index (χ1) is 8.20. The van der Waals surface area contributed by atoms with Crippen molar-refractivity contribution in [2.24, 2.45) is 5.73 Å². The number of fused-ring (bicyclic) bond motifs is 1. The summed E-state index contributed by atoms with van der Waals surface area (Å²) < 4.78 is 1.09. The van der Waals surface area contributed by atoms with E-state index < -0.39 is 0 Å². The van der Waals surface area contributed by atoms with Gasteiger partial charge in [-0.2, -0.15) is 0 Å². The molecular formula is C11H11IN4O. The molecule has 0 bridgehead atoms. The SMILES string of the molecule is NCCNC(=O)c1cnc2cc(I)ccc2n1. The highest BCUT2D eigenvalue weighted by molar-refractivity contribution is 14.1. The molecule has 6 heteroatoms. The molecule has 5 nitrogen and oxygen atoms in total. The molecule has 0 atom stereocenters. The molecule has 0 fully saturated rings. The molecule has 1 heterocycles. The fourth-order valence-electron chi connectivity index (χ4n) is 1.37. The molecule has 0 radical (unpaired) electrons. The van der Waals surface area contributed by atoms with E-state index in [4.69, 9.17) is 5.73 Å². The van der Waals surface area contributed by atoms with Crippen LogP contribution in [-0.4, -0.2) is 29.0 Å². The summed E-state index contributed by atoms with van der Waals surface area (Å²) in [5.41, 5.74) is 7.12. The van der Waals surface area contributed by atoms with E-state index in [1.165, 1.54) is 6.20 Å². The van der Waals surface area contributed by atoms with E-state index in [9.17, 15) is 4.79 Å². The molecule has 1 aromatic carbocycles. The zero-order chi connectivity index (χ0) is 12.3. The highest BCUT2D eigenvalue weighted by Gasteiger charge is 2.08. The molecule has 1 aromatic heterocycles. The highest BCUT2D eigenvalue weighted by Crippen LogP contribution is 2.13. The van der Waals surface area contributed by atoms with E-state index in [1.807, 2.05) is 18.2 Å². The molecule has 0 unspecified atom stereocenters. The maximum absolute atomic E-state index is 11.6. The minimum atomic E-state index is -0.247. The Morgan fingerprint density at radius 2 is 2.24 bits per heavy atom. The topological polar surface area (TPSA) is 80.9 Å². The monoisotopic (exact) mass is 342 g/mol. The maximum atomic E-state index is 11.6. The van der Waals surface area contributed by atoms with Crippen molar-refractivity contribution in [1.82, 2.24) is 15.3 Å². The second-order valence-corrected chi connectivity index (χ2v) is 4.68. The van der Waals surface area contributed by atoms with Crippen molar-refractivity contribution in [3.63, 3.8) is 0 Å². The van der Waals surface area contributed by atoms with Crippen LogP contribution in [0.15, 0.2) is 24.4 Å². The highest BCUT2D eigenvalue weighted by atomic mass is 127. The van der Waals surface area contributed by atoms with Crippen LogP contribution in [0.25, 0.3) is 11.0 Å². The molecular weight excluding hydrogens is 331 g/mol. The minimum absolute atomic E-state index is 0.247. The molecule has 0 saturated heterocycles. The fraction of sp³-hybridized carbons (Fsp3) is 0.182. The molecule has 0 aliphatic heterocycles. The van der Waals surface area contributed by atoms with Crippen LogP contribution in [0.4, 0.5) is 0 Å². The third-order valence-corrected chi connectivity index (χ3v) is 2.84. The molecule has 1 amide bonds. The van der Waals surface area contributed by atoms with Gasteiger partial charge in [0, 0.05) is 16.7 Å².